The maximum absolute atomic E-state index is 13.7. The van der Waals surface area contributed by atoms with Gasteiger partial charge in [0.05, 0.1) is 34.3 Å². The molecule has 2 aromatic heterocycles. The molecule has 1 atom stereocenters. The molecule has 3 saturated heterocycles. The second-order valence-corrected chi connectivity index (χ2v) is 17.9. The van der Waals surface area contributed by atoms with Crippen LogP contribution >= 0.6 is 0 Å². The average molecular weight is 840 g/mol. The Kier molecular flexibility index (Phi) is 10.1. The number of nitrogens with zero attached hydrogens (tertiary/aromatic N) is 7. The van der Waals surface area contributed by atoms with Gasteiger partial charge in [-0.1, -0.05) is 0 Å². The summed E-state index contributed by atoms with van der Waals surface area (Å²) in [5.41, 5.74) is 1.21. The lowest BCUT2D eigenvalue weighted by Gasteiger charge is -2.54. The predicted octanol–water partition coefficient (Wildman–Crippen LogP) is 5.74. The van der Waals surface area contributed by atoms with Crippen molar-refractivity contribution in [3.05, 3.63) is 89.5 Å². The number of hydrogen-bond donors (Lipinski definition) is 2. The fourth-order valence-corrected chi connectivity index (χ4v) is 10.1. The Bertz CT molecular complexity index is 2390. The van der Waals surface area contributed by atoms with Crippen LogP contribution in [-0.2, 0) is 26.1 Å². The lowest BCUT2D eigenvalue weighted by atomic mass is 9.57. The smallest absolute Gasteiger partial charge is 0.371 e. The van der Waals surface area contributed by atoms with Crippen LogP contribution in [0.15, 0.2) is 67.3 Å². The molecule has 61 heavy (non-hydrogen) atoms. The summed E-state index contributed by atoms with van der Waals surface area (Å²) in [6.45, 7) is 8.20. The molecular formula is C44H48F3N9O5. The number of carbonyl (C=O) groups excluding carboxylic acids is 5. The molecule has 17 heteroatoms. The van der Waals surface area contributed by atoms with Gasteiger partial charge in [0.15, 0.2) is 0 Å². The topological polar surface area (TPSA) is 155 Å². The number of anilines is 2. The maximum atomic E-state index is 13.7. The molecule has 0 radical (unpaired) electrons. The minimum Gasteiger partial charge on any atom is -0.371 e. The maximum Gasteiger partial charge on any atom is 0.416 e. The highest BCUT2D eigenvalue weighted by atomic mass is 19.4. The van der Waals surface area contributed by atoms with Crippen molar-refractivity contribution in [1.82, 2.24) is 34.7 Å². The van der Waals surface area contributed by atoms with E-state index in [0.29, 0.717) is 28.4 Å². The highest BCUT2D eigenvalue weighted by Gasteiger charge is 2.48. The summed E-state index contributed by atoms with van der Waals surface area (Å²) < 4.78 is 43.5. The Morgan fingerprint density at radius 2 is 1.66 bits per heavy atom. The van der Waals surface area contributed by atoms with Crippen LogP contribution in [0.2, 0.25) is 0 Å². The zero-order valence-electron chi connectivity index (χ0n) is 34.1. The van der Waals surface area contributed by atoms with Crippen molar-refractivity contribution < 1.29 is 37.1 Å². The quantitative estimate of drug-likeness (QED) is 0.201. The molecule has 1 spiro atoms. The second-order valence-electron chi connectivity index (χ2n) is 17.9. The highest BCUT2D eigenvalue weighted by molar-refractivity contribution is 6.23. The van der Waals surface area contributed by atoms with Crippen LogP contribution in [0.25, 0.3) is 5.69 Å². The molecule has 14 nitrogen and oxygen atoms in total. The third-order valence-corrected chi connectivity index (χ3v) is 13.7. The van der Waals surface area contributed by atoms with Gasteiger partial charge in [0.25, 0.3) is 17.7 Å². The van der Waals surface area contributed by atoms with E-state index < -0.39 is 52.9 Å². The molecule has 1 saturated carbocycles. The molecule has 4 aromatic rings. The van der Waals surface area contributed by atoms with E-state index >= 15 is 0 Å². The second kappa shape index (κ2) is 15.3. The highest BCUT2D eigenvalue weighted by Crippen LogP contribution is 2.53. The van der Waals surface area contributed by atoms with E-state index in [1.807, 2.05) is 18.5 Å². The summed E-state index contributed by atoms with van der Waals surface area (Å²) in [7, 11) is 0. The SMILES string of the molecule is CC(C)(C(=O)Nc1ccc(C(F)(F)F)cc1-n1cccn1)n1cc(C2CCN(CC3CC4(CCN(c5ccc6c(c5)C(=O)N(C5CCC(=O)NC5=O)C6=O)CC4)C3)CC2)cn1. The number of amides is 5. The number of alkyl halides is 3. The van der Waals surface area contributed by atoms with Crippen LogP contribution < -0.4 is 15.5 Å². The first-order valence-corrected chi connectivity index (χ1v) is 21.0. The Balaban J connectivity index is 0.743. The normalized spacial score (nSPS) is 21.5. The monoisotopic (exact) mass is 839 g/mol. The van der Waals surface area contributed by atoms with Crippen molar-refractivity contribution in [2.24, 2.45) is 11.3 Å². The van der Waals surface area contributed by atoms with Crippen LogP contribution in [0.4, 0.5) is 24.5 Å². The first-order chi connectivity index (χ1) is 29.1. The van der Waals surface area contributed by atoms with Gasteiger partial charge in [-0.25, -0.2) is 4.68 Å². The standard InChI is InChI=1S/C44H48F3N9O5/c1-42(2,41(61)50-34-7-4-30(44(45,46)47)20-36(34)54-15-3-14-48-54)55-26-29(24-49-55)28-10-16-52(17-11-28)25-27-22-43(23-27)12-18-53(19-13-43)31-5-6-32-33(21-31)40(60)56(39(32)59)35-8-9-37(57)51-38(35)58/h3-7,14-15,20-21,24,26-28,35H,8-13,16-19,22-23,25H2,1-2H3,(H,50,61)(H,51,57,58). The van der Waals surface area contributed by atoms with E-state index in [1.54, 1.807) is 36.7 Å². The van der Waals surface area contributed by atoms with Crippen molar-refractivity contribution in [2.45, 2.75) is 88.9 Å². The number of nitrogens with one attached hydrogen (secondary N) is 2. The number of carbonyl (C=O) groups is 5. The zero-order valence-corrected chi connectivity index (χ0v) is 34.1. The molecule has 6 heterocycles. The molecule has 4 fully saturated rings. The molecule has 5 amide bonds. The number of halogens is 3. The average Bonchev–Trinajstić information content (AvgIpc) is 4.00. The number of fused-ring (bicyclic) bond motifs is 1. The van der Waals surface area contributed by atoms with Crippen LogP contribution in [0.3, 0.4) is 0 Å². The molecule has 5 aliphatic rings. The summed E-state index contributed by atoms with van der Waals surface area (Å²) in [6, 6.07) is 9.12. The van der Waals surface area contributed by atoms with E-state index in [1.165, 1.54) is 36.0 Å². The Hall–Kier alpha value is -5.84. The molecule has 4 aliphatic heterocycles. The van der Waals surface area contributed by atoms with E-state index in [0.717, 1.165) is 86.7 Å². The lowest BCUT2D eigenvalue weighted by Crippen LogP contribution is -2.54. The number of rotatable bonds is 9. The van der Waals surface area contributed by atoms with Gasteiger partial charge >= 0.3 is 6.18 Å². The lowest BCUT2D eigenvalue weighted by molar-refractivity contribution is -0.138. The number of aromatic nitrogens is 4. The van der Waals surface area contributed by atoms with Gasteiger partial charge in [-0.05, 0) is 137 Å². The van der Waals surface area contributed by atoms with Crippen LogP contribution in [0, 0.1) is 11.3 Å². The predicted molar refractivity (Wildman–Crippen MR) is 217 cm³/mol. The first kappa shape index (κ1) is 40.6. The van der Waals surface area contributed by atoms with E-state index in [4.69, 9.17) is 0 Å². The number of piperidine rings is 3. The largest absolute Gasteiger partial charge is 0.416 e. The van der Waals surface area contributed by atoms with Gasteiger partial charge in [-0.2, -0.15) is 23.4 Å². The van der Waals surface area contributed by atoms with Crippen LogP contribution in [-0.4, -0.2) is 97.7 Å². The van der Waals surface area contributed by atoms with Crippen LogP contribution in [0.5, 0.6) is 0 Å². The van der Waals surface area contributed by atoms with Crippen molar-refractivity contribution in [2.75, 3.05) is 42.9 Å². The van der Waals surface area contributed by atoms with Crippen molar-refractivity contribution >= 4 is 40.9 Å². The molecule has 1 unspecified atom stereocenters. The summed E-state index contributed by atoms with van der Waals surface area (Å²) in [5, 5.41) is 13.7. The molecule has 320 valence electrons. The third kappa shape index (κ3) is 7.61. The Labute approximate surface area is 350 Å². The zero-order chi connectivity index (χ0) is 42.8. The summed E-state index contributed by atoms with van der Waals surface area (Å²) in [5.74, 6) is -1.48. The Morgan fingerprint density at radius 1 is 0.918 bits per heavy atom. The van der Waals surface area contributed by atoms with E-state index in [2.05, 4.69) is 30.6 Å². The van der Waals surface area contributed by atoms with Gasteiger partial charge < -0.3 is 15.1 Å². The van der Waals surface area contributed by atoms with Crippen molar-refractivity contribution in [3.63, 3.8) is 0 Å². The molecule has 0 bridgehead atoms. The van der Waals surface area contributed by atoms with Gasteiger partial charge in [-0.3, -0.25) is 38.9 Å². The molecule has 9 rings (SSSR count). The van der Waals surface area contributed by atoms with Gasteiger partial charge in [-0.15, -0.1) is 0 Å². The third-order valence-electron chi connectivity index (χ3n) is 13.7. The fourth-order valence-electron chi connectivity index (χ4n) is 10.1. The number of benzene rings is 2. The minimum absolute atomic E-state index is 0.0834. The van der Waals surface area contributed by atoms with Crippen molar-refractivity contribution in [3.8, 4) is 5.69 Å². The number of likely N-dealkylation sites (tertiary alicyclic amines) is 1. The number of imide groups is 2. The molecule has 2 aromatic carbocycles. The summed E-state index contributed by atoms with van der Waals surface area (Å²) in [4.78, 5) is 70.1. The van der Waals surface area contributed by atoms with Gasteiger partial charge in [0, 0.05) is 50.3 Å². The molecular weight excluding hydrogens is 792 g/mol. The number of hydrogen-bond acceptors (Lipinski definition) is 9. The van der Waals surface area contributed by atoms with Gasteiger partial charge in [0.1, 0.15) is 11.6 Å². The van der Waals surface area contributed by atoms with E-state index in [9.17, 15) is 37.1 Å². The molecule has 2 N–H and O–H groups in total. The van der Waals surface area contributed by atoms with Crippen LogP contribution in [0.1, 0.15) is 103 Å². The van der Waals surface area contributed by atoms with E-state index in [-0.39, 0.29) is 24.2 Å². The fraction of sp³-hybridized carbons (Fsp3) is 0.477. The van der Waals surface area contributed by atoms with Gasteiger partial charge in [0.2, 0.25) is 11.8 Å². The minimum atomic E-state index is -4.55. The first-order valence-electron chi connectivity index (χ1n) is 21.0. The summed E-state index contributed by atoms with van der Waals surface area (Å²) >= 11 is 0. The summed E-state index contributed by atoms with van der Waals surface area (Å²) in [6.07, 6.45) is 8.84. The Morgan fingerprint density at radius 3 is 2.34 bits per heavy atom. The van der Waals surface area contributed by atoms with Crippen molar-refractivity contribution in [1.29, 1.82) is 0 Å². The molecule has 1 aliphatic carbocycles.